The van der Waals surface area contributed by atoms with Crippen LogP contribution in [0, 0.1) is 0 Å². The van der Waals surface area contributed by atoms with E-state index in [9.17, 15) is 9.59 Å². The molecule has 1 rings (SSSR count). The molecule has 16 heavy (non-hydrogen) atoms. The Kier molecular flexibility index (Phi) is 4.19. The molecule has 0 radical (unpaired) electrons. The molecule has 0 aliphatic rings. The number of rotatable bonds is 2. The summed E-state index contributed by atoms with van der Waals surface area (Å²) >= 11 is 16.3. The van der Waals surface area contributed by atoms with Crippen LogP contribution in [0.15, 0.2) is 24.3 Å². The second-order valence-electron chi connectivity index (χ2n) is 2.95. The molecule has 0 aliphatic heterocycles. The number of hydrogen-bond acceptors (Lipinski definition) is 3. The van der Waals surface area contributed by atoms with E-state index in [1.165, 1.54) is 31.2 Å². The first-order valence-corrected chi connectivity index (χ1v) is 5.34. The highest BCUT2D eigenvalue weighted by Gasteiger charge is 2.31. The second-order valence-corrected chi connectivity index (χ2v) is 5.23. The number of carbonyl (C=O) groups excluding carboxylic acids is 2. The highest BCUT2D eigenvalue weighted by Crippen LogP contribution is 2.31. The van der Waals surface area contributed by atoms with Crippen LogP contribution in [-0.2, 0) is 4.79 Å². The van der Waals surface area contributed by atoms with E-state index in [-0.39, 0.29) is 11.3 Å². The quantitative estimate of drug-likeness (QED) is 0.362. The van der Waals surface area contributed by atoms with Crippen LogP contribution in [0.3, 0.4) is 0 Å². The van der Waals surface area contributed by atoms with Crippen LogP contribution >= 0.6 is 34.8 Å². The number of carbonyl (C=O) groups is 2. The van der Waals surface area contributed by atoms with Crippen molar-refractivity contribution >= 4 is 46.6 Å². The predicted octanol–water partition coefficient (Wildman–Crippen LogP) is 3.16. The van der Waals surface area contributed by atoms with Gasteiger partial charge in [0, 0.05) is 12.5 Å². The molecule has 1 aromatic rings. The molecule has 0 heterocycles. The summed E-state index contributed by atoms with van der Waals surface area (Å²) < 4.78 is 2.78. The zero-order chi connectivity index (χ0) is 12.3. The van der Waals surface area contributed by atoms with E-state index in [4.69, 9.17) is 39.5 Å². The largest absolute Gasteiger partial charge is 0.427 e. The number of alkyl halides is 3. The Balaban J connectivity index is 2.99. The van der Waals surface area contributed by atoms with E-state index in [1.807, 2.05) is 0 Å². The molecule has 0 aliphatic carbocycles. The van der Waals surface area contributed by atoms with Crippen molar-refractivity contribution in [1.29, 1.82) is 0 Å². The van der Waals surface area contributed by atoms with Crippen molar-refractivity contribution in [3.8, 4) is 5.75 Å². The molecule has 0 spiro atoms. The molecule has 0 N–H and O–H groups in total. The fourth-order valence-corrected chi connectivity index (χ4v) is 1.36. The lowest BCUT2D eigenvalue weighted by molar-refractivity contribution is -0.131. The van der Waals surface area contributed by atoms with E-state index >= 15 is 0 Å². The average molecular weight is 282 g/mol. The van der Waals surface area contributed by atoms with Crippen LogP contribution in [-0.4, -0.2) is 15.5 Å². The lowest BCUT2D eigenvalue weighted by atomic mass is 10.1. The Hall–Kier alpha value is -0.770. The monoisotopic (exact) mass is 280 g/mol. The maximum absolute atomic E-state index is 11.6. The van der Waals surface area contributed by atoms with Gasteiger partial charge < -0.3 is 4.74 Å². The van der Waals surface area contributed by atoms with Crippen molar-refractivity contribution in [2.75, 3.05) is 0 Å². The lowest BCUT2D eigenvalue weighted by Gasteiger charge is -2.10. The molecular formula is C10H7Cl3O3. The summed E-state index contributed by atoms with van der Waals surface area (Å²) in [6.07, 6.45) is 0. The van der Waals surface area contributed by atoms with Crippen molar-refractivity contribution < 1.29 is 14.3 Å². The van der Waals surface area contributed by atoms with E-state index < -0.39 is 15.5 Å². The number of benzene rings is 1. The van der Waals surface area contributed by atoms with E-state index in [0.29, 0.717) is 0 Å². The van der Waals surface area contributed by atoms with Crippen LogP contribution in [0.2, 0.25) is 0 Å². The highest BCUT2D eigenvalue weighted by atomic mass is 35.6. The number of esters is 1. The summed E-state index contributed by atoms with van der Waals surface area (Å²) in [4.78, 5) is 22.3. The van der Waals surface area contributed by atoms with Gasteiger partial charge in [-0.05, 0) is 12.1 Å². The van der Waals surface area contributed by atoms with E-state index in [0.717, 1.165) is 0 Å². The summed E-state index contributed by atoms with van der Waals surface area (Å²) in [7, 11) is 0. The van der Waals surface area contributed by atoms with Crippen molar-refractivity contribution in [1.82, 2.24) is 0 Å². The van der Waals surface area contributed by atoms with Gasteiger partial charge in [0.1, 0.15) is 5.75 Å². The van der Waals surface area contributed by atoms with Crippen molar-refractivity contribution in [2.45, 2.75) is 10.7 Å². The molecule has 1 aromatic carbocycles. The molecule has 0 unspecified atom stereocenters. The third-order valence-electron chi connectivity index (χ3n) is 1.62. The van der Waals surface area contributed by atoms with Crippen molar-refractivity contribution in [3.63, 3.8) is 0 Å². The van der Waals surface area contributed by atoms with Crippen LogP contribution in [0.4, 0.5) is 0 Å². The molecule has 0 saturated heterocycles. The first-order chi connectivity index (χ1) is 7.30. The molecule has 86 valence electrons. The summed E-state index contributed by atoms with van der Waals surface area (Å²) in [5, 5.41) is 0. The number of Topliss-reactive ketones (excluding diaryl/α,β-unsaturated/α-hetero) is 1. The Labute approximate surface area is 107 Å². The molecule has 0 bridgehead atoms. The molecular weight excluding hydrogens is 274 g/mol. The molecule has 0 atom stereocenters. The van der Waals surface area contributed by atoms with Gasteiger partial charge in [-0.15, -0.1) is 0 Å². The van der Waals surface area contributed by atoms with Gasteiger partial charge in [-0.1, -0.05) is 46.9 Å². The van der Waals surface area contributed by atoms with Gasteiger partial charge in [0.2, 0.25) is 5.78 Å². The fraction of sp³-hybridized carbons (Fsp3) is 0.200. The van der Waals surface area contributed by atoms with Gasteiger partial charge in [-0.25, -0.2) is 0 Å². The Morgan fingerprint density at radius 3 is 2.38 bits per heavy atom. The third kappa shape index (κ3) is 3.67. The van der Waals surface area contributed by atoms with Gasteiger partial charge in [-0.3, -0.25) is 9.59 Å². The number of halogens is 3. The van der Waals surface area contributed by atoms with E-state index in [1.54, 1.807) is 0 Å². The second kappa shape index (κ2) is 5.04. The summed E-state index contributed by atoms with van der Waals surface area (Å²) in [6, 6.07) is 5.86. The van der Waals surface area contributed by atoms with Gasteiger partial charge >= 0.3 is 5.97 Å². The maximum atomic E-state index is 11.6. The molecule has 0 aromatic heterocycles. The molecule has 6 heteroatoms. The predicted molar refractivity (Wildman–Crippen MR) is 62.4 cm³/mol. The van der Waals surface area contributed by atoms with Crippen molar-refractivity contribution in [3.05, 3.63) is 29.8 Å². The number of ketones is 1. The lowest BCUT2D eigenvalue weighted by Crippen LogP contribution is -2.18. The van der Waals surface area contributed by atoms with Crippen LogP contribution in [0.5, 0.6) is 5.75 Å². The molecule has 0 saturated carbocycles. The number of ether oxygens (including phenoxy) is 1. The van der Waals surface area contributed by atoms with Gasteiger partial charge in [0.05, 0.1) is 0 Å². The zero-order valence-electron chi connectivity index (χ0n) is 8.17. The van der Waals surface area contributed by atoms with Gasteiger partial charge in [0.15, 0.2) is 0 Å². The fourth-order valence-electron chi connectivity index (χ4n) is 1.03. The Morgan fingerprint density at radius 2 is 1.88 bits per heavy atom. The normalized spacial score (nSPS) is 11.0. The molecule has 3 nitrogen and oxygen atoms in total. The number of hydrogen-bond donors (Lipinski definition) is 0. The highest BCUT2D eigenvalue weighted by molar-refractivity contribution is 6.77. The maximum Gasteiger partial charge on any atom is 0.308 e. The minimum atomic E-state index is -2.02. The van der Waals surface area contributed by atoms with Crippen molar-refractivity contribution in [2.24, 2.45) is 0 Å². The topological polar surface area (TPSA) is 43.4 Å². The molecule has 0 amide bonds. The van der Waals surface area contributed by atoms with Gasteiger partial charge in [0.25, 0.3) is 3.79 Å². The standard InChI is InChI=1S/C10H7Cl3O3/c1-6(14)16-8-4-2-3-7(5-8)9(15)10(11,12)13/h2-5H,1H3. The first kappa shape index (κ1) is 13.3. The molecule has 0 fully saturated rings. The van der Waals surface area contributed by atoms with Crippen LogP contribution < -0.4 is 4.74 Å². The van der Waals surface area contributed by atoms with Crippen LogP contribution in [0.25, 0.3) is 0 Å². The smallest absolute Gasteiger partial charge is 0.308 e. The first-order valence-electron chi connectivity index (χ1n) is 4.20. The summed E-state index contributed by atoms with van der Waals surface area (Å²) in [5.74, 6) is -0.933. The summed E-state index contributed by atoms with van der Waals surface area (Å²) in [5.41, 5.74) is 0.166. The van der Waals surface area contributed by atoms with E-state index in [2.05, 4.69) is 0 Å². The van der Waals surface area contributed by atoms with Gasteiger partial charge in [-0.2, -0.15) is 0 Å². The SMILES string of the molecule is CC(=O)Oc1cccc(C(=O)C(Cl)(Cl)Cl)c1. The zero-order valence-corrected chi connectivity index (χ0v) is 10.4. The minimum Gasteiger partial charge on any atom is -0.427 e. The average Bonchev–Trinajstić information content (AvgIpc) is 2.14. The van der Waals surface area contributed by atoms with Crippen LogP contribution in [0.1, 0.15) is 17.3 Å². The Morgan fingerprint density at radius 1 is 1.25 bits per heavy atom. The Bertz CT molecular complexity index is 424. The summed E-state index contributed by atoms with van der Waals surface area (Å²) in [6.45, 7) is 1.25. The third-order valence-corrected chi connectivity index (χ3v) is 2.13. The minimum absolute atomic E-state index is 0.166.